The molecule has 0 radical (unpaired) electrons. The van der Waals surface area contributed by atoms with Gasteiger partial charge in [-0.2, -0.15) is 0 Å². The lowest BCUT2D eigenvalue weighted by atomic mass is 9.76. The second kappa shape index (κ2) is 6.99. The van der Waals surface area contributed by atoms with Crippen LogP contribution in [0.15, 0.2) is 48.9 Å². The van der Waals surface area contributed by atoms with Gasteiger partial charge in [-0.1, -0.05) is 35.3 Å². The Morgan fingerprint density at radius 3 is 2.44 bits per heavy atom. The van der Waals surface area contributed by atoms with Crippen LogP contribution in [-0.2, 0) is 0 Å². The van der Waals surface area contributed by atoms with Crippen LogP contribution in [0.1, 0.15) is 49.0 Å². The molecule has 3 nitrogen and oxygen atoms in total. The molecule has 1 N–H and O–H groups in total. The lowest BCUT2D eigenvalue weighted by Gasteiger charge is -2.32. The number of aromatic nitrogens is 2. The van der Waals surface area contributed by atoms with E-state index in [0.29, 0.717) is 10.9 Å². The molecule has 0 saturated heterocycles. The molecule has 0 spiro atoms. The fourth-order valence-electron chi connectivity index (χ4n) is 3.99. The maximum absolute atomic E-state index is 11.0. The summed E-state index contributed by atoms with van der Waals surface area (Å²) in [5, 5.41) is 12.4. The smallest absolute Gasteiger partial charge is 0.0995 e. The molecule has 0 amide bonds. The fraction of sp³-hybridized carbons (Fsp3) is 0.350. The van der Waals surface area contributed by atoms with Crippen LogP contribution in [0.25, 0.3) is 5.52 Å². The molecule has 2 heterocycles. The molecule has 25 heavy (non-hydrogen) atoms. The van der Waals surface area contributed by atoms with Crippen molar-refractivity contribution in [1.82, 2.24) is 9.38 Å². The minimum Gasteiger partial charge on any atom is -0.387 e. The maximum atomic E-state index is 11.0. The Bertz CT molecular complexity index is 867. The first-order chi connectivity index (χ1) is 12.1. The van der Waals surface area contributed by atoms with Crippen LogP contribution in [0.4, 0.5) is 0 Å². The van der Waals surface area contributed by atoms with Gasteiger partial charge >= 0.3 is 0 Å². The summed E-state index contributed by atoms with van der Waals surface area (Å²) in [6, 6.07) is 11.9. The number of rotatable bonds is 3. The zero-order valence-electron chi connectivity index (χ0n) is 13.8. The topological polar surface area (TPSA) is 37.5 Å². The highest BCUT2D eigenvalue weighted by atomic mass is 35.5. The molecule has 0 bridgehead atoms. The van der Waals surface area contributed by atoms with Gasteiger partial charge in [0.1, 0.15) is 0 Å². The predicted molar refractivity (Wildman–Crippen MR) is 101 cm³/mol. The lowest BCUT2D eigenvalue weighted by molar-refractivity contribution is 0.0763. The van der Waals surface area contributed by atoms with Gasteiger partial charge in [0.15, 0.2) is 0 Å². The van der Waals surface area contributed by atoms with Crippen LogP contribution < -0.4 is 0 Å². The van der Waals surface area contributed by atoms with E-state index in [1.807, 2.05) is 28.7 Å². The van der Waals surface area contributed by atoms with E-state index in [-0.39, 0.29) is 5.92 Å². The molecular weight excluding hydrogens is 355 g/mol. The molecule has 0 aliphatic heterocycles. The zero-order valence-corrected chi connectivity index (χ0v) is 15.3. The van der Waals surface area contributed by atoms with Gasteiger partial charge in [0.2, 0.25) is 0 Å². The number of imidazole rings is 1. The third kappa shape index (κ3) is 3.41. The van der Waals surface area contributed by atoms with Crippen LogP contribution in [0.5, 0.6) is 0 Å². The Morgan fingerprint density at radius 1 is 1.00 bits per heavy atom. The summed E-state index contributed by atoms with van der Waals surface area (Å²) in [5.74, 6) is 0.793. The first-order valence-corrected chi connectivity index (χ1v) is 9.42. The molecule has 1 aliphatic carbocycles. The third-order valence-corrected chi connectivity index (χ3v) is 5.85. The van der Waals surface area contributed by atoms with Gasteiger partial charge in [-0.25, -0.2) is 4.98 Å². The highest BCUT2D eigenvalue weighted by Gasteiger charge is 2.29. The summed E-state index contributed by atoms with van der Waals surface area (Å²) in [7, 11) is 0. The molecule has 4 rings (SSSR count). The third-order valence-electron chi connectivity index (χ3n) is 5.38. The number of fused-ring (bicyclic) bond motifs is 1. The lowest BCUT2D eigenvalue weighted by Crippen LogP contribution is -2.21. The van der Waals surface area contributed by atoms with Gasteiger partial charge in [-0.05, 0) is 67.3 Å². The van der Waals surface area contributed by atoms with Gasteiger partial charge < -0.3 is 9.51 Å². The number of nitrogens with zero attached hydrogens (tertiary/aromatic N) is 2. The highest BCUT2D eigenvalue weighted by Crippen LogP contribution is 2.41. The molecule has 2 aromatic heterocycles. The zero-order chi connectivity index (χ0) is 17.4. The second-order valence-corrected chi connectivity index (χ2v) is 7.77. The maximum Gasteiger partial charge on any atom is 0.0995 e. The standard InChI is InChI=1S/C20H20Cl2N2O/c21-16-7-5-14(6-8-16)13-1-3-15(4-2-13)20(25)19-10-17(22)9-18-11-23-12-24(18)19/h5-13,15,20,25H,1-4H2. The number of hydrogen-bond acceptors (Lipinski definition) is 2. The molecule has 1 aliphatic rings. The van der Waals surface area contributed by atoms with E-state index in [9.17, 15) is 5.11 Å². The van der Waals surface area contributed by atoms with Crippen LogP contribution >= 0.6 is 23.2 Å². The van der Waals surface area contributed by atoms with Crippen LogP contribution in [-0.4, -0.2) is 14.5 Å². The van der Waals surface area contributed by atoms with Crippen LogP contribution in [0.3, 0.4) is 0 Å². The van der Waals surface area contributed by atoms with Crippen molar-refractivity contribution in [1.29, 1.82) is 0 Å². The highest BCUT2D eigenvalue weighted by molar-refractivity contribution is 6.31. The molecule has 1 unspecified atom stereocenters. The van der Waals surface area contributed by atoms with E-state index in [4.69, 9.17) is 23.2 Å². The number of aliphatic hydroxyl groups excluding tert-OH is 1. The molecule has 1 atom stereocenters. The Labute approximate surface area is 157 Å². The van der Waals surface area contributed by atoms with E-state index < -0.39 is 6.10 Å². The first-order valence-electron chi connectivity index (χ1n) is 8.67. The van der Waals surface area contributed by atoms with Gasteiger partial charge in [-0.3, -0.25) is 0 Å². The summed E-state index contributed by atoms with van der Waals surface area (Å²) < 4.78 is 1.93. The summed E-state index contributed by atoms with van der Waals surface area (Å²) in [5.41, 5.74) is 3.09. The van der Waals surface area contributed by atoms with E-state index in [0.717, 1.165) is 41.9 Å². The van der Waals surface area contributed by atoms with Crippen molar-refractivity contribution in [2.24, 2.45) is 5.92 Å². The molecular formula is C20H20Cl2N2O. The molecule has 1 aromatic carbocycles. The molecule has 5 heteroatoms. The van der Waals surface area contributed by atoms with Gasteiger partial charge in [0.05, 0.1) is 29.8 Å². The van der Waals surface area contributed by atoms with Crippen molar-refractivity contribution in [2.45, 2.75) is 37.7 Å². The molecule has 130 valence electrons. The monoisotopic (exact) mass is 374 g/mol. The van der Waals surface area contributed by atoms with Gasteiger partial charge in [0.25, 0.3) is 0 Å². The molecule has 1 saturated carbocycles. The van der Waals surface area contributed by atoms with E-state index in [1.165, 1.54) is 5.56 Å². The van der Waals surface area contributed by atoms with Crippen molar-refractivity contribution in [3.63, 3.8) is 0 Å². The van der Waals surface area contributed by atoms with E-state index in [2.05, 4.69) is 17.1 Å². The second-order valence-electron chi connectivity index (χ2n) is 6.90. The number of halogens is 2. The minimum absolute atomic E-state index is 0.243. The number of benzene rings is 1. The summed E-state index contributed by atoms with van der Waals surface area (Å²) >= 11 is 12.2. The SMILES string of the molecule is OC(c1cc(Cl)cc2cncn12)C1CCC(c2ccc(Cl)cc2)CC1. The van der Waals surface area contributed by atoms with Crippen molar-refractivity contribution >= 4 is 28.7 Å². The summed E-state index contributed by atoms with van der Waals surface area (Å²) in [4.78, 5) is 4.17. The summed E-state index contributed by atoms with van der Waals surface area (Å²) in [6.07, 6.45) is 7.13. The quantitative estimate of drug-likeness (QED) is 0.643. The molecule has 1 fully saturated rings. The number of hydrogen-bond donors (Lipinski definition) is 1. The van der Waals surface area contributed by atoms with Crippen molar-refractivity contribution in [3.05, 3.63) is 70.2 Å². The Morgan fingerprint density at radius 2 is 1.72 bits per heavy atom. The average molecular weight is 375 g/mol. The Hall–Kier alpha value is -1.55. The average Bonchev–Trinajstić information content (AvgIpc) is 3.09. The largest absolute Gasteiger partial charge is 0.387 e. The summed E-state index contributed by atoms with van der Waals surface area (Å²) in [6.45, 7) is 0. The van der Waals surface area contributed by atoms with Gasteiger partial charge in [0, 0.05) is 10.0 Å². The normalized spacial score (nSPS) is 22.2. The van der Waals surface area contributed by atoms with Crippen molar-refractivity contribution in [2.75, 3.05) is 0 Å². The Kier molecular flexibility index (Phi) is 4.72. The number of aliphatic hydroxyl groups is 1. The van der Waals surface area contributed by atoms with Crippen molar-refractivity contribution < 1.29 is 5.11 Å². The van der Waals surface area contributed by atoms with Crippen molar-refractivity contribution in [3.8, 4) is 0 Å². The van der Waals surface area contributed by atoms with E-state index >= 15 is 0 Å². The Balaban J connectivity index is 1.50. The van der Waals surface area contributed by atoms with Gasteiger partial charge in [-0.15, -0.1) is 0 Å². The number of pyridine rings is 1. The fourth-order valence-corrected chi connectivity index (χ4v) is 4.34. The molecule has 3 aromatic rings. The predicted octanol–water partition coefficient (Wildman–Crippen LogP) is 5.65. The van der Waals surface area contributed by atoms with E-state index in [1.54, 1.807) is 12.5 Å². The first kappa shape index (κ1) is 16.9. The van der Waals surface area contributed by atoms with Crippen LogP contribution in [0.2, 0.25) is 10.0 Å². The van der Waals surface area contributed by atoms with Crippen LogP contribution in [0, 0.1) is 5.92 Å². The minimum atomic E-state index is -0.526.